The molecule has 4 N–H and O–H groups in total. The van der Waals surface area contributed by atoms with E-state index >= 15 is 0 Å². The van der Waals surface area contributed by atoms with Gasteiger partial charge in [-0.2, -0.15) is 0 Å². The molecule has 0 aromatic heterocycles. The molecule has 1 fully saturated rings. The van der Waals surface area contributed by atoms with Gasteiger partial charge >= 0.3 is 6.03 Å². The van der Waals surface area contributed by atoms with Gasteiger partial charge in [-0.1, -0.05) is 0 Å². The topological polar surface area (TPSA) is 119 Å². The Bertz CT molecular complexity index is 608. The van der Waals surface area contributed by atoms with Crippen LogP contribution in [0.5, 0.6) is 0 Å². The largest absolute Gasteiger partial charge is 0.394 e. The van der Waals surface area contributed by atoms with Crippen molar-refractivity contribution < 1.29 is 37.9 Å². The van der Waals surface area contributed by atoms with Gasteiger partial charge in [-0.15, -0.1) is 0 Å². The lowest BCUT2D eigenvalue weighted by atomic mass is 10.1. The van der Waals surface area contributed by atoms with Gasteiger partial charge in [0.2, 0.25) is 0 Å². The average molecular weight is 280 g/mol. The number of amides is 2. The molecule has 0 saturated carbocycles. The Hall–Kier alpha value is -1.48. The Morgan fingerprint density at radius 2 is 2.21 bits per heavy atom. The minimum atomic E-state index is -3.92. The van der Waals surface area contributed by atoms with E-state index in [9.17, 15) is 24.9 Å². The molecule has 19 heavy (non-hydrogen) atoms. The number of carbonyl (C=O) groups is 2. The Balaban J connectivity index is 3.71. The first kappa shape index (κ1) is 8.64. The number of carbonyl (C=O) groups excluding carboxylic acids is 2. The molecule has 1 saturated heterocycles. The van der Waals surface area contributed by atoms with Crippen molar-refractivity contribution in [1.29, 1.82) is 0 Å². The maximum atomic E-state index is 12.0. The molecule has 0 aliphatic carbocycles. The number of ether oxygens (including phenoxy) is 1. The summed E-state index contributed by atoms with van der Waals surface area (Å²) >= 11 is 0. The average Bonchev–Trinajstić information content (AvgIpc) is 2.59. The summed E-state index contributed by atoms with van der Waals surface area (Å²) in [5, 5.41) is 31.7. The van der Waals surface area contributed by atoms with Crippen molar-refractivity contribution in [3.8, 4) is 0 Å². The van der Waals surface area contributed by atoms with E-state index in [0.717, 1.165) is 7.05 Å². The molecule has 1 rings (SSSR count). The fourth-order valence-electron chi connectivity index (χ4n) is 1.21. The first-order valence-electron chi connectivity index (χ1n) is 8.05. The van der Waals surface area contributed by atoms with Crippen LogP contribution in [0.25, 0.3) is 0 Å². The highest BCUT2D eigenvalue weighted by molar-refractivity contribution is 5.78. The molecule has 0 aromatic rings. The standard InChI is InChI=1S/C11H18N2O6/c1-6(4-14)3-13(11(18)12-2)10-9(17)8(16)7(5-15)19-10/h3-4,7-10,15-17H,5H2,1-2H3,(H,12,18)/b6-3-/t7-,8-,9-,10-/m1/s1/i5D2,7D,8D,9D,10D. The van der Waals surface area contributed by atoms with Crippen LogP contribution < -0.4 is 5.32 Å². The fourth-order valence-corrected chi connectivity index (χ4v) is 1.21. The second kappa shape index (κ2) is 6.62. The summed E-state index contributed by atoms with van der Waals surface area (Å²) in [4.78, 5) is 22.9. The Morgan fingerprint density at radius 1 is 1.58 bits per heavy atom. The van der Waals surface area contributed by atoms with E-state index in [2.05, 4.69) is 4.74 Å². The van der Waals surface area contributed by atoms with Crippen molar-refractivity contribution in [3.63, 3.8) is 0 Å². The number of nitrogens with one attached hydrogen (secondary N) is 1. The van der Waals surface area contributed by atoms with E-state index in [4.69, 9.17) is 8.22 Å². The summed E-state index contributed by atoms with van der Waals surface area (Å²) < 4.78 is 50.1. The van der Waals surface area contributed by atoms with Gasteiger partial charge in [-0.25, -0.2) is 4.79 Å². The third-order valence-corrected chi connectivity index (χ3v) is 2.11. The van der Waals surface area contributed by atoms with E-state index in [0.29, 0.717) is 6.20 Å². The molecule has 4 atom stereocenters. The lowest BCUT2D eigenvalue weighted by Crippen LogP contribution is -2.47. The van der Waals surface area contributed by atoms with Gasteiger partial charge in [-0.05, 0) is 6.92 Å². The summed E-state index contributed by atoms with van der Waals surface area (Å²) in [6.07, 6.45) is -14.1. The van der Waals surface area contributed by atoms with Crippen molar-refractivity contribution in [2.75, 3.05) is 13.6 Å². The smallest absolute Gasteiger partial charge is 0.323 e. The molecule has 0 unspecified atom stereocenters. The molecular weight excluding hydrogens is 256 g/mol. The van der Waals surface area contributed by atoms with Crippen LogP contribution in [0.15, 0.2) is 11.8 Å². The summed E-state index contributed by atoms with van der Waals surface area (Å²) in [6.45, 7) is -2.64. The highest BCUT2D eigenvalue weighted by atomic mass is 16.6. The Morgan fingerprint density at radius 3 is 2.63 bits per heavy atom. The predicted octanol–water partition coefficient (Wildman–Crippen LogP) is -1.83. The van der Waals surface area contributed by atoms with Gasteiger partial charge in [0.05, 0.1) is 14.8 Å². The Kier molecular flexibility index (Phi) is 3.01. The fraction of sp³-hybridized carbons (Fsp3) is 0.636. The van der Waals surface area contributed by atoms with Crippen LogP contribution in [0.1, 0.15) is 15.1 Å². The van der Waals surface area contributed by atoms with Crippen LogP contribution >= 0.6 is 0 Å². The molecule has 2 amide bonds. The van der Waals surface area contributed by atoms with Crippen molar-refractivity contribution in [2.45, 2.75) is 31.4 Å². The van der Waals surface area contributed by atoms with Crippen molar-refractivity contribution in [1.82, 2.24) is 10.2 Å². The second-order valence-corrected chi connectivity index (χ2v) is 3.46. The van der Waals surface area contributed by atoms with Gasteiger partial charge in [0, 0.05) is 18.8 Å². The first-order valence-corrected chi connectivity index (χ1v) is 5.05. The summed E-state index contributed by atoms with van der Waals surface area (Å²) in [5.74, 6) is 0. The number of allylic oxidation sites excluding steroid dienone is 1. The summed E-state index contributed by atoms with van der Waals surface area (Å²) in [6, 6.07) is -1.25. The highest BCUT2D eigenvalue weighted by Crippen LogP contribution is 2.24. The van der Waals surface area contributed by atoms with Gasteiger partial charge in [0.25, 0.3) is 0 Å². The minimum Gasteiger partial charge on any atom is -0.394 e. The number of aldehydes is 1. The first-order chi connectivity index (χ1) is 11.0. The molecule has 0 spiro atoms. The molecule has 0 aromatic carbocycles. The zero-order valence-electron chi connectivity index (χ0n) is 16.2. The van der Waals surface area contributed by atoms with Gasteiger partial charge in [0.15, 0.2) is 6.20 Å². The Labute approximate surface area is 118 Å². The summed E-state index contributed by atoms with van der Waals surface area (Å²) in [7, 11) is 1.08. The molecule has 1 heterocycles. The van der Waals surface area contributed by atoms with Crippen LogP contribution in [0.4, 0.5) is 4.79 Å². The minimum absolute atomic E-state index is 0.0886. The van der Waals surface area contributed by atoms with E-state index < -0.39 is 37.0 Å². The SMILES string of the molecule is [2H]C([2H])(O)[C@@]1([2H])O[C@@]([2H])(N(/C=C(/C)C=O)C(=O)NC)[C@]([2H])(O)[C@]1([2H])O. The number of rotatable bonds is 4. The van der Waals surface area contributed by atoms with Crippen LogP contribution in [-0.4, -0.2) is 70.6 Å². The number of hydrogen-bond acceptors (Lipinski definition) is 6. The molecule has 1 aliphatic heterocycles. The lowest BCUT2D eigenvalue weighted by Gasteiger charge is -2.27. The van der Waals surface area contributed by atoms with Gasteiger partial charge in [0.1, 0.15) is 24.5 Å². The zero-order valence-corrected chi connectivity index (χ0v) is 10.2. The molecule has 0 radical (unpaired) electrons. The maximum absolute atomic E-state index is 12.0. The number of aliphatic hydroxyl groups is 3. The maximum Gasteiger partial charge on any atom is 0.323 e. The van der Waals surface area contributed by atoms with Crippen molar-refractivity contribution >= 4 is 12.3 Å². The molecule has 1 aliphatic rings. The molecule has 8 nitrogen and oxygen atoms in total. The van der Waals surface area contributed by atoms with Crippen molar-refractivity contribution in [2.24, 2.45) is 0 Å². The van der Waals surface area contributed by atoms with Crippen molar-refractivity contribution in [3.05, 3.63) is 11.8 Å². The van der Waals surface area contributed by atoms with Crippen LogP contribution in [0, 0.1) is 0 Å². The monoisotopic (exact) mass is 280 g/mol. The number of urea groups is 1. The van der Waals surface area contributed by atoms with Crippen LogP contribution in [0.2, 0.25) is 0 Å². The van der Waals surface area contributed by atoms with Crippen LogP contribution in [0.3, 0.4) is 0 Å². The summed E-state index contributed by atoms with van der Waals surface area (Å²) in [5.41, 5.74) is -0.211. The molecule has 108 valence electrons. The number of hydrogen-bond donors (Lipinski definition) is 4. The lowest BCUT2D eigenvalue weighted by molar-refractivity contribution is -0.105. The van der Waals surface area contributed by atoms with E-state index in [-0.39, 0.29) is 16.8 Å². The van der Waals surface area contributed by atoms with Gasteiger partial charge in [-0.3, -0.25) is 9.69 Å². The predicted molar refractivity (Wildman–Crippen MR) is 63.9 cm³/mol. The molecular formula is C11H18N2O6. The van der Waals surface area contributed by atoms with E-state index in [1.165, 1.54) is 6.92 Å². The third kappa shape index (κ3) is 3.29. The molecule has 8 heteroatoms. The quantitative estimate of drug-likeness (QED) is 0.355. The second-order valence-electron chi connectivity index (χ2n) is 3.46. The zero-order chi connectivity index (χ0) is 20.1. The van der Waals surface area contributed by atoms with Gasteiger partial charge < -0.3 is 25.4 Å². The third-order valence-electron chi connectivity index (χ3n) is 2.11. The van der Waals surface area contributed by atoms with E-state index in [1.54, 1.807) is 0 Å². The van der Waals surface area contributed by atoms with Crippen LogP contribution in [-0.2, 0) is 9.53 Å². The van der Waals surface area contributed by atoms with E-state index in [1.807, 2.05) is 5.32 Å². The highest BCUT2D eigenvalue weighted by Gasteiger charge is 2.46. The number of nitrogens with zero attached hydrogens (tertiary/aromatic N) is 1. The molecule has 0 bridgehead atoms. The normalized spacial score (nSPS) is 51.9.